The summed E-state index contributed by atoms with van der Waals surface area (Å²) in [5.74, 6) is -0.268. The summed E-state index contributed by atoms with van der Waals surface area (Å²) in [6.45, 7) is 1.63. The van der Waals surface area contributed by atoms with Crippen LogP contribution in [0.25, 0.3) is 0 Å². The first-order chi connectivity index (χ1) is 10.2. The smallest absolute Gasteiger partial charge is 0.246 e. The van der Waals surface area contributed by atoms with E-state index in [0.717, 1.165) is 5.56 Å². The fourth-order valence-corrected chi connectivity index (χ4v) is 1.61. The van der Waals surface area contributed by atoms with Crippen LogP contribution in [0.3, 0.4) is 0 Å². The lowest BCUT2D eigenvalue weighted by atomic mass is 10.1. The molecule has 0 aliphatic carbocycles. The molecular weight excluding hydrogens is 272 g/mol. The van der Waals surface area contributed by atoms with E-state index in [9.17, 15) is 9.59 Å². The molecule has 0 aromatic heterocycles. The van der Waals surface area contributed by atoms with Crippen LogP contribution < -0.4 is 10.6 Å². The third kappa shape index (κ3) is 8.78. The second-order valence-corrected chi connectivity index (χ2v) is 4.41. The molecule has 0 radical (unpaired) electrons. The molecule has 0 unspecified atom stereocenters. The fourth-order valence-electron chi connectivity index (χ4n) is 1.61. The van der Waals surface area contributed by atoms with Crippen LogP contribution in [0.15, 0.2) is 30.3 Å². The van der Waals surface area contributed by atoms with E-state index in [4.69, 9.17) is 9.47 Å². The van der Waals surface area contributed by atoms with Crippen LogP contribution >= 0.6 is 0 Å². The van der Waals surface area contributed by atoms with E-state index in [1.165, 1.54) is 0 Å². The van der Waals surface area contributed by atoms with Crippen molar-refractivity contribution in [3.8, 4) is 0 Å². The zero-order chi connectivity index (χ0) is 15.3. The minimum Gasteiger partial charge on any atom is -0.382 e. The first-order valence-corrected chi connectivity index (χ1v) is 6.86. The van der Waals surface area contributed by atoms with Crippen molar-refractivity contribution in [2.24, 2.45) is 0 Å². The average molecular weight is 294 g/mol. The van der Waals surface area contributed by atoms with Crippen LogP contribution in [0.1, 0.15) is 5.56 Å². The highest BCUT2D eigenvalue weighted by molar-refractivity contribution is 5.79. The Morgan fingerprint density at radius 3 is 2.33 bits per heavy atom. The number of benzene rings is 1. The molecule has 2 N–H and O–H groups in total. The molecule has 1 aromatic rings. The van der Waals surface area contributed by atoms with Gasteiger partial charge >= 0.3 is 0 Å². The van der Waals surface area contributed by atoms with Gasteiger partial charge < -0.3 is 20.1 Å². The highest BCUT2D eigenvalue weighted by Gasteiger charge is 2.03. The summed E-state index contributed by atoms with van der Waals surface area (Å²) in [5.41, 5.74) is 0.963. The lowest BCUT2D eigenvalue weighted by molar-refractivity contribution is -0.126. The van der Waals surface area contributed by atoms with Crippen molar-refractivity contribution < 1.29 is 19.1 Å². The minimum atomic E-state index is -0.205. The fraction of sp³-hybridized carbons (Fsp3) is 0.467. The highest BCUT2D eigenvalue weighted by atomic mass is 16.5. The Hall–Kier alpha value is -1.92. The Kier molecular flexibility index (Phi) is 8.83. The van der Waals surface area contributed by atoms with Gasteiger partial charge in [-0.25, -0.2) is 0 Å². The molecule has 6 heteroatoms. The zero-order valence-corrected chi connectivity index (χ0v) is 12.3. The molecule has 0 heterocycles. The van der Waals surface area contributed by atoms with Crippen LogP contribution in [0.4, 0.5) is 0 Å². The molecule has 0 fully saturated rings. The summed E-state index contributed by atoms with van der Waals surface area (Å²) in [5, 5.41) is 5.41. The third-order valence-corrected chi connectivity index (χ3v) is 2.64. The van der Waals surface area contributed by atoms with Gasteiger partial charge in [0.15, 0.2) is 0 Å². The van der Waals surface area contributed by atoms with Gasteiger partial charge in [0.05, 0.1) is 19.6 Å². The van der Waals surface area contributed by atoms with E-state index >= 15 is 0 Å². The van der Waals surface area contributed by atoms with E-state index in [1.807, 2.05) is 30.3 Å². The van der Waals surface area contributed by atoms with Crippen LogP contribution in [-0.4, -0.2) is 51.8 Å². The topological polar surface area (TPSA) is 76.7 Å². The first-order valence-electron chi connectivity index (χ1n) is 6.86. The second-order valence-electron chi connectivity index (χ2n) is 4.41. The van der Waals surface area contributed by atoms with Gasteiger partial charge in [-0.05, 0) is 5.56 Å². The van der Waals surface area contributed by atoms with E-state index < -0.39 is 0 Å². The van der Waals surface area contributed by atoms with E-state index in [0.29, 0.717) is 32.7 Å². The molecule has 2 amide bonds. The van der Waals surface area contributed by atoms with Crippen LogP contribution in [-0.2, 0) is 25.5 Å². The maximum Gasteiger partial charge on any atom is 0.246 e. The Morgan fingerprint density at radius 1 is 1.00 bits per heavy atom. The number of hydrogen-bond acceptors (Lipinski definition) is 4. The van der Waals surface area contributed by atoms with Crippen molar-refractivity contribution >= 4 is 11.8 Å². The van der Waals surface area contributed by atoms with Gasteiger partial charge in [0.1, 0.15) is 6.61 Å². The van der Waals surface area contributed by atoms with Gasteiger partial charge in [0, 0.05) is 20.2 Å². The predicted octanol–water partition coefficient (Wildman–Crippen LogP) is 0.125. The van der Waals surface area contributed by atoms with Crippen LogP contribution in [0.2, 0.25) is 0 Å². The van der Waals surface area contributed by atoms with Crippen molar-refractivity contribution in [3.05, 3.63) is 35.9 Å². The summed E-state index contributed by atoms with van der Waals surface area (Å²) < 4.78 is 9.86. The van der Waals surface area contributed by atoms with Gasteiger partial charge in [-0.1, -0.05) is 30.3 Å². The number of carbonyl (C=O) groups excluding carboxylic acids is 2. The summed E-state index contributed by atoms with van der Waals surface area (Å²) >= 11 is 0. The Morgan fingerprint density at radius 2 is 1.67 bits per heavy atom. The molecule has 0 bridgehead atoms. The summed E-state index contributed by atoms with van der Waals surface area (Å²) in [6.07, 6.45) is 0.342. The molecule has 116 valence electrons. The number of ether oxygens (including phenoxy) is 2. The van der Waals surface area contributed by atoms with Gasteiger partial charge in [-0.3, -0.25) is 9.59 Å². The average Bonchev–Trinajstić information content (AvgIpc) is 2.49. The summed E-state index contributed by atoms with van der Waals surface area (Å²) in [7, 11) is 1.57. The predicted molar refractivity (Wildman–Crippen MR) is 78.9 cm³/mol. The largest absolute Gasteiger partial charge is 0.382 e. The summed E-state index contributed by atoms with van der Waals surface area (Å²) in [6, 6.07) is 9.50. The molecular formula is C15H22N2O4. The molecule has 0 saturated heterocycles. The van der Waals surface area contributed by atoms with Crippen molar-refractivity contribution in [2.75, 3.05) is 40.0 Å². The molecule has 0 spiro atoms. The number of nitrogens with one attached hydrogen (secondary N) is 2. The summed E-state index contributed by atoms with van der Waals surface area (Å²) in [4.78, 5) is 23.0. The maximum absolute atomic E-state index is 11.6. The maximum atomic E-state index is 11.6. The van der Waals surface area contributed by atoms with Gasteiger partial charge in [0.2, 0.25) is 11.8 Å². The molecule has 0 aliphatic heterocycles. The SMILES string of the molecule is COCCOCC(=O)NCCNC(=O)Cc1ccccc1. The number of methoxy groups -OCH3 is 1. The van der Waals surface area contributed by atoms with Crippen molar-refractivity contribution in [2.45, 2.75) is 6.42 Å². The molecule has 0 atom stereocenters. The van der Waals surface area contributed by atoms with Crippen LogP contribution in [0, 0.1) is 0 Å². The van der Waals surface area contributed by atoms with Gasteiger partial charge in [0.25, 0.3) is 0 Å². The molecule has 6 nitrogen and oxygen atoms in total. The normalized spacial score (nSPS) is 10.1. The number of amides is 2. The molecule has 0 saturated carbocycles. The van der Waals surface area contributed by atoms with Crippen molar-refractivity contribution in [1.82, 2.24) is 10.6 Å². The van der Waals surface area contributed by atoms with E-state index in [1.54, 1.807) is 7.11 Å². The zero-order valence-electron chi connectivity index (χ0n) is 12.3. The second kappa shape index (κ2) is 10.8. The quantitative estimate of drug-likeness (QED) is 0.601. The Labute approximate surface area is 124 Å². The first kappa shape index (κ1) is 17.1. The lowest BCUT2D eigenvalue weighted by Crippen LogP contribution is -2.36. The number of hydrogen-bond donors (Lipinski definition) is 2. The molecule has 1 aromatic carbocycles. The minimum absolute atomic E-state index is 0.00131. The van der Waals surface area contributed by atoms with E-state index in [-0.39, 0.29) is 18.4 Å². The lowest BCUT2D eigenvalue weighted by Gasteiger charge is -2.07. The standard InChI is InChI=1S/C15H22N2O4/c1-20-9-10-21-12-15(19)17-8-7-16-14(18)11-13-5-3-2-4-6-13/h2-6H,7-12H2,1H3,(H,16,18)(H,17,19). The molecule has 21 heavy (non-hydrogen) atoms. The van der Waals surface area contributed by atoms with Crippen molar-refractivity contribution in [3.63, 3.8) is 0 Å². The Balaban J connectivity index is 2.03. The highest BCUT2D eigenvalue weighted by Crippen LogP contribution is 1.98. The molecule has 1 rings (SSSR count). The Bertz CT molecular complexity index is 423. The van der Waals surface area contributed by atoms with Crippen LogP contribution in [0.5, 0.6) is 0 Å². The van der Waals surface area contributed by atoms with E-state index in [2.05, 4.69) is 10.6 Å². The van der Waals surface area contributed by atoms with Gasteiger partial charge in [-0.15, -0.1) is 0 Å². The monoisotopic (exact) mass is 294 g/mol. The molecule has 0 aliphatic rings. The number of rotatable bonds is 10. The van der Waals surface area contributed by atoms with Gasteiger partial charge in [-0.2, -0.15) is 0 Å². The number of carbonyl (C=O) groups is 2. The third-order valence-electron chi connectivity index (χ3n) is 2.64. The van der Waals surface area contributed by atoms with Crippen molar-refractivity contribution in [1.29, 1.82) is 0 Å².